The van der Waals surface area contributed by atoms with Crippen LogP contribution in [-0.2, 0) is 6.54 Å². The Bertz CT molecular complexity index is 828. The van der Waals surface area contributed by atoms with E-state index in [0.717, 1.165) is 12.2 Å². The fourth-order valence-corrected chi connectivity index (χ4v) is 3.25. The van der Waals surface area contributed by atoms with Gasteiger partial charge in [-0.05, 0) is 24.6 Å². The van der Waals surface area contributed by atoms with E-state index in [1.54, 1.807) is 6.07 Å². The Morgan fingerprint density at radius 3 is 2.71 bits per heavy atom. The topological polar surface area (TPSA) is 73.4 Å². The highest BCUT2D eigenvalue weighted by molar-refractivity contribution is 5.66. The van der Waals surface area contributed by atoms with Crippen LogP contribution in [0.15, 0.2) is 42.5 Å². The second-order valence-electron chi connectivity index (χ2n) is 6.06. The molecule has 6 nitrogen and oxygen atoms in total. The van der Waals surface area contributed by atoms with E-state index in [1.807, 2.05) is 12.1 Å². The van der Waals surface area contributed by atoms with Crippen LogP contribution in [0.1, 0.15) is 18.1 Å². The number of hydrogen-bond donors (Lipinski definition) is 0. The standard InChI is InChI=1S/C18H18N4O2/c1-13-11-20(2)17-6-4-3-5-14(17)12-21(13)18-8-7-16(22(23)24)9-15(18)10-19/h3-9,13H,11-12H2,1-2H3. The van der Waals surface area contributed by atoms with E-state index in [0.29, 0.717) is 12.1 Å². The van der Waals surface area contributed by atoms with E-state index in [9.17, 15) is 15.4 Å². The van der Waals surface area contributed by atoms with Gasteiger partial charge in [-0.25, -0.2) is 0 Å². The van der Waals surface area contributed by atoms with Gasteiger partial charge in [0, 0.05) is 44.0 Å². The molecule has 0 N–H and O–H groups in total. The van der Waals surface area contributed by atoms with Crippen LogP contribution in [0.4, 0.5) is 17.1 Å². The van der Waals surface area contributed by atoms with Gasteiger partial charge in [-0.1, -0.05) is 18.2 Å². The second-order valence-corrected chi connectivity index (χ2v) is 6.06. The third-order valence-electron chi connectivity index (χ3n) is 4.43. The summed E-state index contributed by atoms with van der Waals surface area (Å²) in [5.41, 5.74) is 3.35. The van der Waals surface area contributed by atoms with Gasteiger partial charge in [-0.2, -0.15) is 5.26 Å². The Hall–Kier alpha value is -3.07. The molecule has 2 aromatic rings. The molecule has 0 bridgehead atoms. The third kappa shape index (κ3) is 2.76. The largest absolute Gasteiger partial charge is 0.372 e. The minimum absolute atomic E-state index is 0.0599. The summed E-state index contributed by atoms with van der Waals surface area (Å²) >= 11 is 0. The highest BCUT2D eigenvalue weighted by Crippen LogP contribution is 2.32. The van der Waals surface area contributed by atoms with Crippen molar-refractivity contribution in [2.45, 2.75) is 19.5 Å². The van der Waals surface area contributed by atoms with Crippen molar-refractivity contribution in [2.24, 2.45) is 0 Å². The second kappa shape index (κ2) is 6.20. The molecule has 0 radical (unpaired) electrons. The molecule has 0 saturated carbocycles. The van der Waals surface area contributed by atoms with Crippen LogP contribution in [0.2, 0.25) is 0 Å². The molecular formula is C18H18N4O2. The molecule has 0 aliphatic carbocycles. The first-order chi connectivity index (χ1) is 11.5. The number of benzene rings is 2. The number of anilines is 2. The summed E-state index contributed by atoms with van der Waals surface area (Å²) in [6, 6.07) is 14.9. The predicted molar refractivity (Wildman–Crippen MR) is 93.2 cm³/mol. The van der Waals surface area contributed by atoms with Crippen LogP contribution in [0.5, 0.6) is 0 Å². The monoisotopic (exact) mass is 322 g/mol. The number of hydrogen-bond acceptors (Lipinski definition) is 5. The molecule has 1 aliphatic heterocycles. The zero-order chi connectivity index (χ0) is 17.3. The fourth-order valence-electron chi connectivity index (χ4n) is 3.25. The van der Waals surface area contributed by atoms with Crippen LogP contribution in [-0.4, -0.2) is 24.6 Å². The summed E-state index contributed by atoms with van der Waals surface area (Å²) in [6.07, 6.45) is 0. The molecule has 2 aromatic carbocycles. The van der Waals surface area contributed by atoms with Crippen molar-refractivity contribution in [2.75, 3.05) is 23.4 Å². The molecule has 1 heterocycles. The Morgan fingerprint density at radius 2 is 2.00 bits per heavy atom. The quantitative estimate of drug-likeness (QED) is 0.626. The number of nitriles is 1. The maximum Gasteiger partial charge on any atom is 0.270 e. The molecule has 3 rings (SSSR count). The molecule has 0 amide bonds. The zero-order valence-corrected chi connectivity index (χ0v) is 13.6. The summed E-state index contributed by atoms with van der Waals surface area (Å²) in [6.45, 7) is 3.57. The Morgan fingerprint density at radius 1 is 1.25 bits per heavy atom. The molecule has 1 aliphatic rings. The number of nitrogens with zero attached hydrogens (tertiary/aromatic N) is 4. The lowest BCUT2D eigenvalue weighted by Gasteiger charge is -2.31. The van der Waals surface area contributed by atoms with Gasteiger partial charge in [-0.3, -0.25) is 10.1 Å². The minimum Gasteiger partial charge on any atom is -0.372 e. The Labute approximate surface area is 140 Å². The number of rotatable bonds is 2. The maximum atomic E-state index is 11.0. The number of nitro benzene ring substituents is 1. The number of para-hydroxylation sites is 1. The SMILES string of the molecule is CC1CN(C)c2ccccc2CN1c1ccc([N+](=O)[O-])cc1C#N. The first-order valence-electron chi connectivity index (χ1n) is 7.75. The average Bonchev–Trinajstić information content (AvgIpc) is 2.71. The molecule has 1 atom stereocenters. The van der Waals surface area contributed by atoms with Crippen LogP contribution in [0, 0.1) is 21.4 Å². The summed E-state index contributed by atoms with van der Waals surface area (Å²) in [7, 11) is 2.06. The molecule has 1 unspecified atom stereocenters. The molecule has 0 saturated heterocycles. The molecular weight excluding hydrogens is 304 g/mol. The van der Waals surface area contributed by atoms with Crippen LogP contribution >= 0.6 is 0 Å². The zero-order valence-electron chi connectivity index (χ0n) is 13.6. The maximum absolute atomic E-state index is 11.0. The van der Waals surface area contributed by atoms with Crippen molar-refractivity contribution >= 4 is 17.1 Å². The van der Waals surface area contributed by atoms with Crippen LogP contribution in [0.25, 0.3) is 0 Å². The molecule has 0 aromatic heterocycles. The highest BCUT2D eigenvalue weighted by atomic mass is 16.6. The summed E-state index contributed by atoms with van der Waals surface area (Å²) in [4.78, 5) is 14.8. The lowest BCUT2D eigenvalue weighted by Crippen LogP contribution is -2.38. The van der Waals surface area contributed by atoms with E-state index in [1.165, 1.54) is 23.4 Å². The van der Waals surface area contributed by atoms with Crippen molar-refractivity contribution < 1.29 is 4.92 Å². The normalized spacial score (nSPS) is 17.0. The molecule has 0 spiro atoms. The van der Waals surface area contributed by atoms with Crippen molar-refractivity contribution in [1.82, 2.24) is 0 Å². The van der Waals surface area contributed by atoms with Crippen LogP contribution < -0.4 is 9.80 Å². The van der Waals surface area contributed by atoms with E-state index in [-0.39, 0.29) is 11.7 Å². The number of nitro groups is 1. The van der Waals surface area contributed by atoms with Crippen molar-refractivity contribution in [3.05, 3.63) is 63.7 Å². The number of fused-ring (bicyclic) bond motifs is 1. The summed E-state index contributed by atoms with van der Waals surface area (Å²) in [5, 5.41) is 20.4. The Kier molecular flexibility index (Phi) is 4.09. The molecule has 6 heteroatoms. The summed E-state index contributed by atoms with van der Waals surface area (Å²) < 4.78 is 0. The van der Waals surface area contributed by atoms with Crippen molar-refractivity contribution in [3.8, 4) is 6.07 Å². The van der Waals surface area contributed by atoms with Crippen LogP contribution in [0.3, 0.4) is 0 Å². The van der Waals surface area contributed by atoms with Gasteiger partial charge >= 0.3 is 0 Å². The first kappa shape index (κ1) is 15.8. The van der Waals surface area contributed by atoms with Crippen molar-refractivity contribution in [3.63, 3.8) is 0 Å². The van der Waals surface area contributed by atoms with Gasteiger partial charge in [0.25, 0.3) is 5.69 Å². The molecule has 0 fully saturated rings. The van der Waals surface area contributed by atoms with Gasteiger partial charge in [0.15, 0.2) is 0 Å². The Balaban J connectivity index is 2.06. The van der Waals surface area contributed by atoms with E-state index in [2.05, 4.69) is 42.0 Å². The van der Waals surface area contributed by atoms with Crippen molar-refractivity contribution in [1.29, 1.82) is 5.26 Å². The lowest BCUT2D eigenvalue weighted by molar-refractivity contribution is -0.384. The first-order valence-corrected chi connectivity index (χ1v) is 7.75. The summed E-state index contributed by atoms with van der Waals surface area (Å²) in [5.74, 6) is 0. The molecule has 24 heavy (non-hydrogen) atoms. The van der Waals surface area contributed by atoms with Gasteiger partial charge < -0.3 is 9.80 Å². The number of likely N-dealkylation sites (N-methyl/N-ethyl adjacent to an activating group) is 1. The fraction of sp³-hybridized carbons (Fsp3) is 0.278. The van der Waals surface area contributed by atoms with E-state index >= 15 is 0 Å². The van der Waals surface area contributed by atoms with E-state index in [4.69, 9.17) is 0 Å². The van der Waals surface area contributed by atoms with E-state index < -0.39 is 4.92 Å². The smallest absolute Gasteiger partial charge is 0.270 e. The molecule has 122 valence electrons. The lowest BCUT2D eigenvalue weighted by atomic mass is 10.1. The average molecular weight is 322 g/mol. The predicted octanol–water partition coefficient (Wildman–Crippen LogP) is 3.31. The van der Waals surface area contributed by atoms with Gasteiger partial charge in [0.1, 0.15) is 6.07 Å². The van der Waals surface area contributed by atoms with Gasteiger partial charge in [0.2, 0.25) is 0 Å². The van der Waals surface area contributed by atoms with Gasteiger partial charge in [0.05, 0.1) is 16.2 Å². The third-order valence-corrected chi connectivity index (χ3v) is 4.43. The van der Waals surface area contributed by atoms with Gasteiger partial charge in [-0.15, -0.1) is 0 Å². The number of non-ortho nitro benzene ring substituents is 1. The minimum atomic E-state index is -0.473. The highest BCUT2D eigenvalue weighted by Gasteiger charge is 2.25.